The number of carbonyl (C=O) groups excluding carboxylic acids is 3. The van der Waals surface area contributed by atoms with Gasteiger partial charge in [0, 0.05) is 12.1 Å². The minimum Gasteiger partial charge on any atom is -0.335 e. The van der Waals surface area contributed by atoms with E-state index in [1.54, 1.807) is 6.92 Å². The zero-order valence-corrected chi connectivity index (χ0v) is 14.7. The molecule has 0 radical (unpaired) electrons. The third-order valence-electron chi connectivity index (χ3n) is 5.90. The summed E-state index contributed by atoms with van der Waals surface area (Å²) in [6.45, 7) is 1.55. The molecule has 3 atom stereocenters. The molecule has 3 saturated heterocycles. The summed E-state index contributed by atoms with van der Waals surface area (Å²) >= 11 is 0. The van der Waals surface area contributed by atoms with Crippen molar-refractivity contribution in [3.8, 4) is 0 Å². The van der Waals surface area contributed by atoms with Crippen LogP contribution in [0.15, 0.2) is 18.2 Å². The summed E-state index contributed by atoms with van der Waals surface area (Å²) < 4.78 is 13.5. The number of nitrogens with zero attached hydrogens (tertiary/aromatic N) is 2. The molecule has 1 aromatic carbocycles. The zero-order valence-electron chi connectivity index (χ0n) is 14.7. The molecular formula is C19H22FN3O3. The Bertz CT molecular complexity index is 751. The predicted octanol–water partition coefficient (Wildman–Crippen LogP) is 1.92. The Balaban J connectivity index is 1.46. The van der Waals surface area contributed by atoms with Gasteiger partial charge in [-0.05, 0) is 55.7 Å². The van der Waals surface area contributed by atoms with Crippen LogP contribution in [0.2, 0.25) is 0 Å². The molecule has 26 heavy (non-hydrogen) atoms. The summed E-state index contributed by atoms with van der Waals surface area (Å²) in [6, 6.07) is 5.02. The van der Waals surface area contributed by atoms with Gasteiger partial charge in [-0.3, -0.25) is 14.5 Å². The summed E-state index contributed by atoms with van der Waals surface area (Å²) in [5, 5.41) is 2.44. The number of rotatable bonds is 3. The number of urea groups is 1. The van der Waals surface area contributed by atoms with Gasteiger partial charge in [0.15, 0.2) is 0 Å². The average Bonchev–Trinajstić information content (AvgIpc) is 3.07. The van der Waals surface area contributed by atoms with Crippen molar-refractivity contribution in [2.24, 2.45) is 0 Å². The molecule has 6 nitrogen and oxygen atoms in total. The molecule has 2 bridgehead atoms. The van der Waals surface area contributed by atoms with Crippen LogP contribution < -0.4 is 5.32 Å². The highest BCUT2D eigenvalue weighted by Crippen LogP contribution is 2.43. The smallest absolute Gasteiger partial charge is 0.325 e. The number of amides is 4. The van der Waals surface area contributed by atoms with E-state index < -0.39 is 6.03 Å². The fourth-order valence-electron chi connectivity index (χ4n) is 4.61. The number of piperidine rings is 1. The second kappa shape index (κ2) is 6.37. The molecule has 138 valence electrons. The Morgan fingerprint density at radius 2 is 1.92 bits per heavy atom. The van der Waals surface area contributed by atoms with Crippen molar-refractivity contribution < 1.29 is 18.8 Å². The van der Waals surface area contributed by atoms with Gasteiger partial charge >= 0.3 is 6.03 Å². The lowest BCUT2D eigenvalue weighted by Gasteiger charge is -2.39. The van der Waals surface area contributed by atoms with E-state index in [-0.39, 0.29) is 42.8 Å². The van der Waals surface area contributed by atoms with E-state index in [0.717, 1.165) is 36.1 Å². The molecule has 0 spiro atoms. The SMILES string of the molecule is Cc1cc(C2C[C@H]3CC[C@@H](C2)N3C(=O)CN2C(=O)CNC2=O)ccc1F. The number of carbonyl (C=O) groups is 3. The topological polar surface area (TPSA) is 69.7 Å². The highest BCUT2D eigenvalue weighted by atomic mass is 19.1. The van der Waals surface area contributed by atoms with Crippen LogP contribution in [0.1, 0.15) is 42.7 Å². The summed E-state index contributed by atoms with van der Waals surface area (Å²) in [7, 11) is 0. The molecule has 7 heteroatoms. The third kappa shape index (κ3) is 2.85. The van der Waals surface area contributed by atoms with Crippen LogP contribution in [0.3, 0.4) is 0 Å². The summed E-state index contributed by atoms with van der Waals surface area (Å²) in [5.74, 6) is -0.394. The molecule has 3 fully saturated rings. The van der Waals surface area contributed by atoms with Crippen LogP contribution in [0.4, 0.5) is 9.18 Å². The monoisotopic (exact) mass is 359 g/mol. The number of halogens is 1. The zero-order chi connectivity index (χ0) is 18.4. The number of fused-ring (bicyclic) bond motifs is 2. The van der Waals surface area contributed by atoms with E-state index in [1.807, 2.05) is 17.0 Å². The minimum atomic E-state index is -0.493. The first-order chi connectivity index (χ1) is 12.4. The van der Waals surface area contributed by atoms with E-state index in [1.165, 1.54) is 6.07 Å². The summed E-state index contributed by atoms with van der Waals surface area (Å²) in [5.41, 5.74) is 1.77. The Morgan fingerprint density at radius 3 is 2.50 bits per heavy atom. The Kier molecular flexibility index (Phi) is 4.17. The number of nitrogens with one attached hydrogen (secondary N) is 1. The quantitative estimate of drug-likeness (QED) is 0.839. The fourth-order valence-corrected chi connectivity index (χ4v) is 4.61. The third-order valence-corrected chi connectivity index (χ3v) is 5.90. The van der Waals surface area contributed by atoms with Gasteiger partial charge in [0.25, 0.3) is 5.91 Å². The number of imide groups is 1. The van der Waals surface area contributed by atoms with Crippen molar-refractivity contribution in [1.29, 1.82) is 0 Å². The maximum absolute atomic E-state index is 13.5. The first-order valence-corrected chi connectivity index (χ1v) is 9.09. The number of hydrogen-bond acceptors (Lipinski definition) is 3. The number of hydrogen-bond donors (Lipinski definition) is 1. The molecule has 0 saturated carbocycles. The van der Waals surface area contributed by atoms with Crippen LogP contribution in [0.5, 0.6) is 0 Å². The van der Waals surface area contributed by atoms with E-state index in [0.29, 0.717) is 11.5 Å². The number of benzene rings is 1. The second-order valence-corrected chi connectivity index (χ2v) is 7.50. The second-order valence-electron chi connectivity index (χ2n) is 7.50. The molecule has 1 unspecified atom stereocenters. The van der Waals surface area contributed by atoms with E-state index in [9.17, 15) is 18.8 Å². The number of aryl methyl sites for hydroxylation is 1. The van der Waals surface area contributed by atoms with Gasteiger partial charge in [0.1, 0.15) is 12.4 Å². The van der Waals surface area contributed by atoms with Crippen molar-refractivity contribution in [1.82, 2.24) is 15.1 Å². The Morgan fingerprint density at radius 1 is 1.23 bits per heavy atom. The van der Waals surface area contributed by atoms with Crippen LogP contribution >= 0.6 is 0 Å². The standard InChI is InChI=1S/C19H22FN3O3/c1-11-6-12(2-5-16(11)20)13-7-14-3-4-15(8-13)23(14)18(25)10-22-17(24)9-21-19(22)26/h2,5-6,13-15H,3-4,7-10H2,1H3,(H,21,26)/t13?,14-,15+. The van der Waals surface area contributed by atoms with Crippen LogP contribution in [-0.4, -0.2) is 52.8 Å². The molecule has 3 aliphatic heterocycles. The molecule has 0 aliphatic carbocycles. The van der Waals surface area contributed by atoms with Gasteiger partial charge in [-0.2, -0.15) is 0 Å². The van der Waals surface area contributed by atoms with E-state index >= 15 is 0 Å². The first kappa shape index (κ1) is 17.0. The van der Waals surface area contributed by atoms with Crippen molar-refractivity contribution in [3.63, 3.8) is 0 Å². The van der Waals surface area contributed by atoms with Crippen molar-refractivity contribution >= 4 is 17.8 Å². The lowest BCUT2D eigenvalue weighted by molar-refractivity contribution is -0.140. The van der Waals surface area contributed by atoms with Crippen LogP contribution in [-0.2, 0) is 9.59 Å². The van der Waals surface area contributed by atoms with E-state index in [4.69, 9.17) is 0 Å². The minimum absolute atomic E-state index is 0.0367. The summed E-state index contributed by atoms with van der Waals surface area (Å²) in [6.07, 6.45) is 3.56. The van der Waals surface area contributed by atoms with Crippen LogP contribution in [0, 0.1) is 12.7 Å². The highest BCUT2D eigenvalue weighted by Gasteiger charge is 2.44. The molecule has 4 amide bonds. The maximum atomic E-state index is 13.5. The normalized spacial score (nSPS) is 27.8. The van der Waals surface area contributed by atoms with Gasteiger partial charge in [-0.15, -0.1) is 0 Å². The molecule has 4 rings (SSSR count). The van der Waals surface area contributed by atoms with Crippen molar-refractivity contribution in [2.45, 2.75) is 50.6 Å². The fraction of sp³-hybridized carbons (Fsp3) is 0.526. The van der Waals surface area contributed by atoms with Gasteiger partial charge in [-0.25, -0.2) is 9.18 Å². The van der Waals surface area contributed by atoms with E-state index in [2.05, 4.69) is 5.32 Å². The predicted molar refractivity (Wildman–Crippen MR) is 91.9 cm³/mol. The van der Waals surface area contributed by atoms with Crippen LogP contribution in [0.25, 0.3) is 0 Å². The first-order valence-electron chi connectivity index (χ1n) is 9.09. The largest absolute Gasteiger partial charge is 0.335 e. The lowest BCUT2D eigenvalue weighted by atomic mass is 9.84. The lowest BCUT2D eigenvalue weighted by Crippen LogP contribution is -2.50. The van der Waals surface area contributed by atoms with Crippen molar-refractivity contribution in [2.75, 3.05) is 13.1 Å². The summed E-state index contributed by atoms with van der Waals surface area (Å²) in [4.78, 5) is 39.0. The Labute approximate surface area is 151 Å². The van der Waals surface area contributed by atoms with Gasteiger partial charge in [0.05, 0.1) is 6.54 Å². The van der Waals surface area contributed by atoms with Gasteiger partial charge < -0.3 is 10.2 Å². The van der Waals surface area contributed by atoms with Gasteiger partial charge in [-0.1, -0.05) is 12.1 Å². The molecule has 0 aromatic heterocycles. The Hall–Kier alpha value is -2.44. The van der Waals surface area contributed by atoms with Crippen molar-refractivity contribution in [3.05, 3.63) is 35.1 Å². The molecule has 1 N–H and O–H groups in total. The maximum Gasteiger partial charge on any atom is 0.325 e. The molecule has 1 aromatic rings. The molecular weight excluding hydrogens is 337 g/mol. The molecule has 3 aliphatic rings. The average molecular weight is 359 g/mol. The van der Waals surface area contributed by atoms with Gasteiger partial charge in [0.2, 0.25) is 5.91 Å². The molecule has 3 heterocycles. The highest BCUT2D eigenvalue weighted by molar-refractivity contribution is 6.04.